The summed E-state index contributed by atoms with van der Waals surface area (Å²) in [7, 11) is -3.51. The van der Waals surface area contributed by atoms with E-state index in [1.54, 1.807) is 0 Å². The lowest BCUT2D eigenvalue weighted by Gasteiger charge is -2.60. The molecule has 7 atom stereocenters. The summed E-state index contributed by atoms with van der Waals surface area (Å²) < 4.78 is 23.0. The average molecular weight is 450 g/mol. The molecule has 0 aromatic rings. The lowest BCUT2D eigenvalue weighted by molar-refractivity contribution is -0.123. The molecule has 0 bridgehead atoms. The normalized spacial score (nSPS) is 47.3. The first kappa shape index (κ1) is 22.5. The Morgan fingerprint density at radius 3 is 2.52 bits per heavy atom. The molecule has 3 fully saturated rings. The van der Waals surface area contributed by atoms with Crippen molar-refractivity contribution in [1.82, 2.24) is 4.83 Å². The van der Waals surface area contributed by atoms with E-state index in [4.69, 9.17) is 0 Å². The molecule has 0 aliphatic heterocycles. The Bertz CT molecular complexity index is 983. The van der Waals surface area contributed by atoms with E-state index < -0.39 is 15.6 Å². The van der Waals surface area contributed by atoms with Crippen LogP contribution in [0.2, 0.25) is 0 Å². The van der Waals surface area contributed by atoms with E-state index >= 15 is 0 Å². The molecule has 172 valence electrons. The van der Waals surface area contributed by atoms with E-state index in [2.05, 4.69) is 41.6 Å². The van der Waals surface area contributed by atoms with Crippen LogP contribution in [0.25, 0.3) is 0 Å². The molecular weight excluding hydrogens is 414 g/mol. The summed E-state index contributed by atoms with van der Waals surface area (Å²) in [5, 5.41) is 28.4. The van der Waals surface area contributed by atoms with Crippen molar-refractivity contribution in [1.29, 1.82) is 0 Å². The number of hydrogen-bond donors (Lipinski definition) is 3. The minimum atomic E-state index is -3.51. The van der Waals surface area contributed by atoms with Crippen molar-refractivity contribution in [3.05, 3.63) is 24.3 Å². The largest absolute Gasteiger partial charge is 0.411 e. The quantitative estimate of drug-likeness (QED) is 0.348. The van der Waals surface area contributed by atoms with E-state index in [1.165, 1.54) is 5.57 Å². The fraction of sp³-hybridized carbons (Fsp3) is 0.739. The number of nitrogens with zero attached hydrogens (tertiary/aromatic N) is 2. The predicted molar refractivity (Wildman–Crippen MR) is 121 cm³/mol. The number of allylic oxidation sites excluding steroid dienone is 3. The molecule has 0 radical (unpaired) electrons. The number of fused-ring (bicyclic) bond motifs is 5. The minimum Gasteiger partial charge on any atom is -0.411 e. The number of oxime groups is 1. The number of sulfonamides is 1. The molecule has 0 saturated heterocycles. The second-order valence-electron chi connectivity index (χ2n) is 10.8. The third kappa shape index (κ3) is 3.37. The van der Waals surface area contributed by atoms with Crippen LogP contribution in [0.1, 0.15) is 59.3 Å². The molecule has 3 saturated carbocycles. The van der Waals surface area contributed by atoms with Crippen LogP contribution in [-0.4, -0.2) is 42.0 Å². The van der Waals surface area contributed by atoms with Crippen LogP contribution in [0.15, 0.2) is 34.6 Å². The van der Waals surface area contributed by atoms with Crippen molar-refractivity contribution in [2.75, 3.05) is 6.26 Å². The molecule has 0 heterocycles. The lowest BCUT2D eigenvalue weighted by atomic mass is 9.44. The van der Waals surface area contributed by atoms with Crippen molar-refractivity contribution in [3.63, 3.8) is 0 Å². The number of hydrazone groups is 1. The zero-order valence-electron chi connectivity index (χ0n) is 18.9. The van der Waals surface area contributed by atoms with Crippen molar-refractivity contribution in [2.24, 2.45) is 44.8 Å². The standard InChI is InChI=1S/C23H35N3O4S/c1-6-14-11-15-12-18(24-26-31(5,29)30)19(25-28)13-21(15,2)16-7-9-22(3)17(20(14)16)8-10-23(22,4)27/h6,12,14,16-17,20,26-28H,1,7-11,13H2,2-5H3/t14?,16-,17+,20-,21+,22+,23?/m1/s1. The van der Waals surface area contributed by atoms with Crippen LogP contribution in [0.4, 0.5) is 0 Å². The molecule has 0 amide bonds. The van der Waals surface area contributed by atoms with Gasteiger partial charge in [-0.2, -0.15) is 5.10 Å². The predicted octanol–water partition coefficient (Wildman–Crippen LogP) is 3.46. The molecule has 4 aliphatic carbocycles. The molecule has 0 aromatic heterocycles. The third-order valence-corrected chi connectivity index (χ3v) is 9.72. The van der Waals surface area contributed by atoms with E-state index in [1.807, 2.05) is 13.0 Å². The van der Waals surface area contributed by atoms with Gasteiger partial charge in [-0.15, -0.1) is 6.58 Å². The fourth-order valence-corrected chi connectivity index (χ4v) is 7.62. The highest BCUT2D eigenvalue weighted by Gasteiger charge is 2.64. The fourth-order valence-electron chi connectivity index (χ4n) is 7.35. The molecule has 0 aromatic carbocycles. The molecule has 2 unspecified atom stereocenters. The van der Waals surface area contributed by atoms with Crippen molar-refractivity contribution < 1.29 is 18.7 Å². The van der Waals surface area contributed by atoms with Crippen LogP contribution in [0.3, 0.4) is 0 Å². The summed E-state index contributed by atoms with van der Waals surface area (Å²) in [4.78, 5) is 2.17. The van der Waals surface area contributed by atoms with E-state index in [0.717, 1.165) is 38.4 Å². The smallest absolute Gasteiger partial charge is 0.244 e. The summed E-state index contributed by atoms with van der Waals surface area (Å²) >= 11 is 0. The van der Waals surface area contributed by atoms with Gasteiger partial charge in [0.1, 0.15) is 11.4 Å². The van der Waals surface area contributed by atoms with Gasteiger partial charge >= 0.3 is 0 Å². The summed E-state index contributed by atoms with van der Waals surface area (Å²) in [6.07, 6.45) is 10.2. The molecular formula is C23H35N3O4S. The monoisotopic (exact) mass is 449 g/mol. The maximum atomic E-state index is 11.5. The minimum absolute atomic E-state index is 0.0956. The molecule has 3 N–H and O–H groups in total. The van der Waals surface area contributed by atoms with Crippen LogP contribution >= 0.6 is 0 Å². The molecule has 4 aliphatic rings. The van der Waals surface area contributed by atoms with Gasteiger partial charge in [0.25, 0.3) is 0 Å². The first-order valence-electron chi connectivity index (χ1n) is 11.2. The van der Waals surface area contributed by atoms with E-state index in [-0.39, 0.29) is 10.8 Å². The Labute approximate surface area is 185 Å². The molecule has 31 heavy (non-hydrogen) atoms. The van der Waals surface area contributed by atoms with E-state index in [9.17, 15) is 18.7 Å². The van der Waals surface area contributed by atoms with Gasteiger partial charge in [-0.3, -0.25) is 0 Å². The molecule has 0 spiro atoms. The first-order chi connectivity index (χ1) is 14.4. The van der Waals surface area contributed by atoms with Gasteiger partial charge < -0.3 is 10.3 Å². The Balaban J connectivity index is 1.76. The molecule has 8 heteroatoms. The Morgan fingerprint density at radius 1 is 1.23 bits per heavy atom. The average Bonchev–Trinajstić information content (AvgIpc) is 2.93. The van der Waals surface area contributed by atoms with Gasteiger partial charge in [0.05, 0.1) is 11.9 Å². The summed E-state index contributed by atoms with van der Waals surface area (Å²) in [5.41, 5.74) is 1.06. The summed E-state index contributed by atoms with van der Waals surface area (Å²) in [6, 6.07) is 0. The van der Waals surface area contributed by atoms with Gasteiger partial charge in [-0.25, -0.2) is 13.2 Å². The maximum absolute atomic E-state index is 11.5. The van der Waals surface area contributed by atoms with Gasteiger partial charge in [-0.05, 0) is 79.6 Å². The topological polar surface area (TPSA) is 111 Å². The molecule has 4 rings (SSSR count). The Morgan fingerprint density at radius 2 is 1.90 bits per heavy atom. The first-order valence-corrected chi connectivity index (χ1v) is 13.1. The number of rotatable bonds is 3. The van der Waals surface area contributed by atoms with Crippen LogP contribution < -0.4 is 4.83 Å². The zero-order chi connectivity index (χ0) is 22.8. The van der Waals surface area contributed by atoms with Gasteiger partial charge in [0.2, 0.25) is 10.0 Å². The van der Waals surface area contributed by atoms with Crippen LogP contribution in [0.5, 0.6) is 0 Å². The number of hydrogen-bond acceptors (Lipinski definition) is 6. The van der Waals surface area contributed by atoms with Crippen LogP contribution in [0, 0.1) is 34.5 Å². The Hall–Kier alpha value is -1.67. The van der Waals surface area contributed by atoms with Crippen LogP contribution in [-0.2, 0) is 10.0 Å². The van der Waals surface area contributed by atoms with Gasteiger partial charge in [-0.1, -0.05) is 30.7 Å². The van der Waals surface area contributed by atoms with Crippen molar-refractivity contribution in [2.45, 2.75) is 64.9 Å². The second-order valence-corrected chi connectivity index (χ2v) is 12.6. The second kappa shape index (κ2) is 7.17. The zero-order valence-corrected chi connectivity index (χ0v) is 19.7. The molecule has 7 nitrogen and oxygen atoms in total. The SMILES string of the molecule is C=CC1CC2=CC(=NNS(C)(=O)=O)C(=NO)C[C@]2(C)[C@@H]2CC[C@@]3(C)[C@@H](CCC3(C)O)[C@H]12. The summed E-state index contributed by atoms with van der Waals surface area (Å²) in [6.45, 7) is 10.7. The van der Waals surface area contributed by atoms with Crippen molar-refractivity contribution >= 4 is 21.4 Å². The Kier molecular flexibility index (Phi) is 5.21. The number of aliphatic hydroxyl groups is 1. The van der Waals surface area contributed by atoms with Gasteiger partial charge in [0.15, 0.2) is 0 Å². The van der Waals surface area contributed by atoms with Crippen molar-refractivity contribution in [3.8, 4) is 0 Å². The highest BCUT2D eigenvalue weighted by molar-refractivity contribution is 7.88. The lowest BCUT2D eigenvalue weighted by Crippen LogP contribution is -2.56. The third-order valence-electron chi connectivity index (χ3n) is 9.29. The highest BCUT2D eigenvalue weighted by atomic mass is 32.2. The number of nitrogens with one attached hydrogen (secondary N) is 1. The maximum Gasteiger partial charge on any atom is 0.244 e. The highest BCUT2D eigenvalue weighted by Crippen LogP contribution is 2.68. The van der Waals surface area contributed by atoms with E-state index in [0.29, 0.717) is 41.5 Å². The van der Waals surface area contributed by atoms with Gasteiger partial charge in [0, 0.05) is 6.42 Å². The summed E-state index contributed by atoms with van der Waals surface area (Å²) in [5.74, 6) is 1.52.